The Morgan fingerprint density at radius 1 is 1.40 bits per heavy atom. The van der Waals surface area contributed by atoms with Gasteiger partial charge in [0, 0.05) is 18.2 Å². The van der Waals surface area contributed by atoms with Crippen molar-refractivity contribution >= 4 is 5.97 Å². The quantitative estimate of drug-likeness (QED) is 0.587. The predicted octanol–water partition coefficient (Wildman–Crippen LogP) is 1.24. The minimum atomic E-state index is -0.772. The van der Waals surface area contributed by atoms with E-state index in [1.807, 2.05) is 6.92 Å². The van der Waals surface area contributed by atoms with E-state index in [0.29, 0.717) is 31.6 Å². The zero-order chi connectivity index (χ0) is 15.2. The smallest absolute Gasteiger partial charge is 0.329 e. The van der Waals surface area contributed by atoms with E-state index >= 15 is 0 Å². The van der Waals surface area contributed by atoms with Crippen LogP contribution >= 0.6 is 0 Å². The molecule has 1 N–H and O–H groups in total. The van der Waals surface area contributed by atoms with Crippen molar-refractivity contribution in [2.75, 3.05) is 34.0 Å². The number of nitrogens with one attached hydrogen (secondary N) is 1. The lowest BCUT2D eigenvalue weighted by molar-refractivity contribution is -0.153. The fourth-order valence-electron chi connectivity index (χ4n) is 2.60. The first-order valence-corrected chi connectivity index (χ1v) is 6.73. The average molecular weight is 286 g/mol. The van der Waals surface area contributed by atoms with Crippen molar-refractivity contribution in [1.29, 1.82) is 0 Å². The van der Waals surface area contributed by atoms with Crippen LogP contribution in [-0.2, 0) is 24.1 Å². The Balaban J connectivity index is 2.82. The molecule has 1 fully saturated rings. The van der Waals surface area contributed by atoms with Crippen LogP contribution in [0.1, 0.15) is 26.7 Å². The summed E-state index contributed by atoms with van der Waals surface area (Å²) < 4.78 is 15.0. The van der Waals surface area contributed by atoms with Gasteiger partial charge in [-0.25, -0.2) is 5.11 Å². The van der Waals surface area contributed by atoms with Crippen LogP contribution in [0.25, 0.3) is 0 Å². The molecule has 115 valence electrons. The van der Waals surface area contributed by atoms with Crippen LogP contribution in [0.4, 0.5) is 0 Å². The van der Waals surface area contributed by atoms with Crippen LogP contribution in [0.2, 0.25) is 0 Å². The molecule has 0 aromatic heterocycles. The highest BCUT2D eigenvalue weighted by molar-refractivity contribution is 5.76. The van der Waals surface area contributed by atoms with Crippen LogP contribution in [0.15, 0.2) is 11.5 Å². The maximum atomic E-state index is 12.1. The number of carbonyl (C=O) groups is 1. The van der Waals surface area contributed by atoms with Gasteiger partial charge >= 0.3 is 11.9 Å². The molecule has 0 bridgehead atoms. The normalized spacial score (nSPS) is 23.5. The van der Waals surface area contributed by atoms with Crippen molar-refractivity contribution in [2.45, 2.75) is 32.7 Å². The van der Waals surface area contributed by atoms with Crippen molar-refractivity contribution in [1.82, 2.24) is 5.32 Å². The van der Waals surface area contributed by atoms with Crippen LogP contribution in [0, 0.1) is 5.41 Å². The number of esters is 1. The van der Waals surface area contributed by atoms with Gasteiger partial charge in [0.05, 0.1) is 32.8 Å². The van der Waals surface area contributed by atoms with Gasteiger partial charge in [0.25, 0.3) is 0 Å². The third kappa shape index (κ3) is 4.38. The van der Waals surface area contributed by atoms with Gasteiger partial charge in [0.15, 0.2) is 0 Å². The van der Waals surface area contributed by atoms with E-state index in [1.165, 1.54) is 14.2 Å². The second kappa shape index (κ2) is 7.50. The van der Waals surface area contributed by atoms with E-state index in [1.54, 1.807) is 6.92 Å². The largest absolute Gasteiger partial charge is 0.469 e. The van der Waals surface area contributed by atoms with Gasteiger partial charge in [-0.05, 0) is 26.7 Å². The summed E-state index contributed by atoms with van der Waals surface area (Å²) in [6.07, 6.45) is 0.860. The summed E-state index contributed by atoms with van der Waals surface area (Å²) >= 11 is 0. The maximum Gasteiger partial charge on any atom is 0.329 e. The molecule has 20 heavy (non-hydrogen) atoms. The molecule has 0 saturated carbocycles. The average Bonchev–Trinajstić information content (AvgIpc) is 2.46. The van der Waals surface area contributed by atoms with E-state index in [2.05, 4.69) is 5.32 Å². The van der Waals surface area contributed by atoms with Crippen molar-refractivity contribution in [3.8, 4) is 0 Å². The van der Waals surface area contributed by atoms with E-state index < -0.39 is 11.4 Å². The van der Waals surface area contributed by atoms with Crippen LogP contribution < -0.4 is 5.32 Å². The summed E-state index contributed by atoms with van der Waals surface area (Å²) in [5.74, 6) is -0.721. The fourth-order valence-corrected chi connectivity index (χ4v) is 2.60. The number of morpholine rings is 1. The first kappa shape index (κ1) is 16.8. The van der Waals surface area contributed by atoms with Crippen LogP contribution in [-0.4, -0.2) is 46.0 Å². The highest BCUT2D eigenvalue weighted by Gasteiger charge is 2.38. The molecule has 0 aromatic rings. The Bertz CT molecular complexity index is 363. The first-order chi connectivity index (χ1) is 9.42. The Labute approximate surface area is 120 Å². The third-order valence-corrected chi connectivity index (χ3v) is 3.56. The summed E-state index contributed by atoms with van der Waals surface area (Å²) in [4.78, 5) is 12.1. The van der Waals surface area contributed by atoms with Crippen molar-refractivity contribution in [3.05, 3.63) is 11.5 Å². The van der Waals surface area contributed by atoms with Gasteiger partial charge in [0.1, 0.15) is 0 Å². The number of ether oxygens (including phenoxy) is 3. The third-order valence-electron chi connectivity index (χ3n) is 3.56. The van der Waals surface area contributed by atoms with Gasteiger partial charge < -0.3 is 19.5 Å². The molecular weight excluding hydrogens is 262 g/mol. The fraction of sp³-hybridized carbons (Fsp3) is 0.786. The molecular formula is C14H24NO5. The summed E-state index contributed by atoms with van der Waals surface area (Å²) in [7, 11) is 2.69. The molecule has 0 aromatic carbocycles. The maximum absolute atomic E-state index is 12.1. The molecule has 1 heterocycles. The van der Waals surface area contributed by atoms with E-state index in [9.17, 15) is 9.90 Å². The Hall–Kier alpha value is -1.27. The highest BCUT2D eigenvalue weighted by atomic mass is 16.6. The lowest BCUT2D eigenvalue weighted by Gasteiger charge is -2.33. The molecule has 0 amide bonds. The second-order valence-electron chi connectivity index (χ2n) is 5.43. The number of carbonyl (C=O) groups excluding carboxylic acids is 1. The molecule has 1 rings (SSSR count). The SMILES string of the molecule is COC(=O)C(C)(CC(C)=C([O])OC)CC1COCCN1. The van der Waals surface area contributed by atoms with Gasteiger partial charge in [-0.2, -0.15) is 0 Å². The van der Waals surface area contributed by atoms with Gasteiger partial charge in [0.2, 0.25) is 0 Å². The number of hydrogen-bond donors (Lipinski definition) is 1. The van der Waals surface area contributed by atoms with Gasteiger partial charge in [-0.15, -0.1) is 0 Å². The standard InChI is InChI=1S/C14H24NO5/c1-10(12(16)18-3)7-14(2,13(17)19-4)8-11-9-20-6-5-15-11/h11,15H,5-9H2,1-4H3. The zero-order valence-electron chi connectivity index (χ0n) is 12.7. The Kier molecular flexibility index (Phi) is 6.29. The topological polar surface area (TPSA) is 76.7 Å². The molecule has 1 saturated heterocycles. The van der Waals surface area contributed by atoms with Crippen molar-refractivity contribution in [2.24, 2.45) is 5.41 Å². The molecule has 2 unspecified atom stereocenters. The van der Waals surface area contributed by atoms with E-state index in [0.717, 1.165) is 6.54 Å². The van der Waals surface area contributed by atoms with E-state index in [4.69, 9.17) is 14.2 Å². The van der Waals surface area contributed by atoms with Gasteiger partial charge in [-0.3, -0.25) is 4.79 Å². The van der Waals surface area contributed by atoms with E-state index in [-0.39, 0.29) is 12.0 Å². The molecule has 1 radical (unpaired) electrons. The Morgan fingerprint density at radius 2 is 2.10 bits per heavy atom. The van der Waals surface area contributed by atoms with Crippen molar-refractivity contribution in [3.63, 3.8) is 0 Å². The predicted molar refractivity (Wildman–Crippen MR) is 72.4 cm³/mol. The number of allylic oxidation sites excluding steroid dienone is 1. The van der Waals surface area contributed by atoms with Crippen LogP contribution in [0.5, 0.6) is 0 Å². The number of methoxy groups -OCH3 is 2. The number of hydrogen-bond acceptors (Lipinski definition) is 5. The number of rotatable bonds is 6. The highest BCUT2D eigenvalue weighted by Crippen LogP contribution is 2.34. The zero-order valence-corrected chi connectivity index (χ0v) is 12.7. The van der Waals surface area contributed by atoms with Gasteiger partial charge in [-0.1, -0.05) is 0 Å². The molecule has 0 aliphatic carbocycles. The van der Waals surface area contributed by atoms with Crippen LogP contribution in [0.3, 0.4) is 0 Å². The summed E-state index contributed by atoms with van der Waals surface area (Å²) in [5, 5.41) is 14.9. The first-order valence-electron chi connectivity index (χ1n) is 6.73. The molecule has 2 atom stereocenters. The molecule has 6 nitrogen and oxygen atoms in total. The molecule has 0 spiro atoms. The molecule has 1 aliphatic heterocycles. The summed E-state index contributed by atoms with van der Waals surface area (Å²) in [5.41, 5.74) is -0.261. The molecule has 1 aliphatic rings. The summed E-state index contributed by atoms with van der Waals surface area (Å²) in [6.45, 7) is 5.49. The Morgan fingerprint density at radius 3 is 2.60 bits per heavy atom. The second-order valence-corrected chi connectivity index (χ2v) is 5.43. The lowest BCUT2D eigenvalue weighted by atomic mass is 9.78. The van der Waals surface area contributed by atoms with Crippen molar-refractivity contribution < 1.29 is 24.1 Å². The monoisotopic (exact) mass is 286 g/mol. The lowest BCUT2D eigenvalue weighted by Crippen LogP contribution is -2.46. The minimum Gasteiger partial charge on any atom is -0.469 e. The summed E-state index contributed by atoms with van der Waals surface area (Å²) in [6, 6.07) is 0.0818. The minimum absolute atomic E-state index is 0.0818. The molecule has 6 heteroatoms.